The Morgan fingerprint density at radius 3 is 2.46 bits per heavy atom. The van der Waals surface area contributed by atoms with Crippen molar-refractivity contribution in [3.8, 4) is 0 Å². The number of carbonyl (C=O) groups is 1. The Hall–Kier alpha value is -1.89. The normalized spacial score (nSPS) is 11.2. The molecule has 0 radical (unpaired) electrons. The lowest BCUT2D eigenvalue weighted by Gasteiger charge is -2.11. The Morgan fingerprint density at radius 1 is 1.12 bits per heavy atom. The smallest absolute Gasteiger partial charge is 0.239 e. The first-order valence-corrected chi connectivity index (χ1v) is 9.39. The lowest BCUT2D eigenvalue weighted by Crippen LogP contribution is -2.23. The van der Waals surface area contributed by atoms with E-state index >= 15 is 0 Å². The second-order valence-corrected chi connectivity index (χ2v) is 7.48. The highest BCUT2D eigenvalue weighted by Crippen LogP contribution is 2.18. The first-order valence-electron chi connectivity index (χ1n) is 7.36. The maximum absolute atomic E-state index is 12.3. The van der Waals surface area contributed by atoms with Crippen molar-refractivity contribution in [2.75, 3.05) is 17.7 Å². The summed E-state index contributed by atoms with van der Waals surface area (Å²) in [5.74, 6) is -1.24. The minimum Gasteiger partial charge on any atom is -0.377 e. The molecule has 0 heterocycles. The molecule has 0 saturated carbocycles. The number of anilines is 1. The van der Waals surface area contributed by atoms with Gasteiger partial charge in [-0.25, -0.2) is 8.42 Å². The molecule has 0 fully saturated rings. The van der Waals surface area contributed by atoms with E-state index in [1.54, 1.807) is 12.1 Å². The molecular formula is C17H18ClNO4S. The van der Waals surface area contributed by atoms with Gasteiger partial charge >= 0.3 is 0 Å². The van der Waals surface area contributed by atoms with Crippen LogP contribution in [0, 0.1) is 0 Å². The van der Waals surface area contributed by atoms with Gasteiger partial charge in [0.05, 0.1) is 11.5 Å². The first kappa shape index (κ1) is 18.4. The van der Waals surface area contributed by atoms with Gasteiger partial charge in [0.1, 0.15) is 5.75 Å². The summed E-state index contributed by atoms with van der Waals surface area (Å²) in [5.41, 5.74) is 1.33. The van der Waals surface area contributed by atoms with Gasteiger partial charge in [0.15, 0.2) is 9.84 Å². The third-order valence-electron chi connectivity index (χ3n) is 3.25. The zero-order valence-electron chi connectivity index (χ0n) is 13.2. The van der Waals surface area contributed by atoms with Gasteiger partial charge in [-0.1, -0.05) is 29.8 Å². The van der Waals surface area contributed by atoms with Gasteiger partial charge in [-0.05, 0) is 37.3 Å². The molecule has 0 aliphatic rings. The number of sulfone groups is 1. The highest BCUT2D eigenvalue weighted by Gasteiger charge is 2.20. The average Bonchev–Trinajstić information content (AvgIpc) is 2.54. The van der Waals surface area contributed by atoms with E-state index in [0.29, 0.717) is 23.9 Å². The van der Waals surface area contributed by atoms with Gasteiger partial charge < -0.3 is 10.1 Å². The summed E-state index contributed by atoms with van der Waals surface area (Å²) >= 11 is 5.75. The minimum absolute atomic E-state index is 0.0599. The van der Waals surface area contributed by atoms with Crippen molar-refractivity contribution in [1.82, 2.24) is 0 Å². The number of para-hydroxylation sites is 1. The SMILES string of the molecule is CCOCc1ccccc1NC(=O)CS(=O)(=O)c1ccc(Cl)cc1. The van der Waals surface area contributed by atoms with E-state index < -0.39 is 21.5 Å². The van der Waals surface area contributed by atoms with E-state index in [4.69, 9.17) is 16.3 Å². The van der Waals surface area contributed by atoms with Gasteiger partial charge in [0.2, 0.25) is 5.91 Å². The van der Waals surface area contributed by atoms with Crippen molar-refractivity contribution in [1.29, 1.82) is 0 Å². The maximum Gasteiger partial charge on any atom is 0.239 e. The molecule has 0 aliphatic carbocycles. The summed E-state index contributed by atoms with van der Waals surface area (Å²) in [6.07, 6.45) is 0. The molecule has 2 rings (SSSR count). The molecule has 0 aliphatic heterocycles. The third kappa shape index (κ3) is 5.06. The Bertz CT molecular complexity index is 804. The molecule has 128 valence electrons. The fourth-order valence-electron chi connectivity index (χ4n) is 2.06. The number of hydrogen-bond acceptors (Lipinski definition) is 4. The average molecular weight is 368 g/mol. The van der Waals surface area contributed by atoms with Crippen LogP contribution < -0.4 is 5.32 Å². The second-order valence-electron chi connectivity index (χ2n) is 5.06. The van der Waals surface area contributed by atoms with Crippen LogP contribution in [0.25, 0.3) is 0 Å². The molecule has 1 N–H and O–H groups in total. The molecule has 0 saturated heterocycles. The zero-order chi connectivity index (χ0) is 17.6. The molecule has 2 aromatic carbocycles. The lowest BCUT2D eigenvalue weighted by molar-refractivity contribution is -0.113. The largest absolute Gasteiger partial charge is 0.377 e. The van der Waals surface area contributed by atoms with E-state index in [-0.39, 0.29) is 4.90 Å². The number of carbonyl (C=O) groups excluding carboxylic acids is 1. The van der Waals surface area contributed by atoms with Crippen LogP contribution in [0.4, 0.5) is 5.69 Å². The van der Waals surface area contributed by atoms with Crippen LogP contribution >= 0.6 is 11.6 Å². The fraction of sp³-hybridized carbons (Fsp3) is 0.235. The third-order valence-corrected chi connectivity index (χ3v) is 5.13. The summed E-state index contributed by atoms with van der Waals surface area (Å²) in [7, 11) is -3.73. The van der Waals surface area contributed by atoms with Crippen LogP contribution in [0.1, 0.15) is 12.5 Å². The quantitative estimate of drug-likeness (QED) is 0.815. The van der Waals surface area contributed by atoms with Crippen LogP contribution in [0.2, 0.25) is 5.02 Å². The predicted octanol–water partition coefficient (Wildman–Crippen LogP) is 3.29. The lowest BCUT2D eigenvalue weighted by atomic mass is 10.2. The topological polar surface area (TPSA) is 72.5 Å². The number of ether oxygens (including phenoxy) is 1. The highest BCUT2D eigenvalue weighted by atomic mass is 35.5. The van der Waals surface area contributed by atoms with E-state index in [0.717, 1.165) is 5.56 Å². The Kier molecular flexibility index (Phi) is 6.36. The van der Waals surface area contributed by atoms with Crippen molar-refractivity contribution >= 4 is 33.0 Å². The van der Waals surface area contributed by atoms with Crippen LogP contribution in [0.3, 0.4) is 0 Å². The van der Waals surface area contributed by atoms with Crippen LogP contribution in [0.5, 0.6) is 0 Å². The molecule has 0 unspecified atom stereocenters. The number of hydrogen-bond donors (Lipinski definition) is 1. The van der Waals surface area contributed by atoms with Gasteiger partial charge in [0, 0.05) is 22.9 Å². The summed E-state index contributed by atoms with van der Waals surface area (Å²) < 4.78 is 29.9. The van der Waals surface area contributed by atoms with E-state index in [1.165, 1.54) is 24.3 Å². The predicted molar refractivity (Wildman–Crippen MR) is 93.9 cm³/mol. The minimum atomic E-state index is -3.73. The second kappa shape index (κ2) is 8.28. The van der Waals surface area contributed by atoms with Crippen LogP contribution in [0.15, 0.2) is 53.4 Å². The monoisotopic (exact) mass is 367 g/mol. The number of nitrogens with one attached hydrogen (secondary N) is 1. The number of rotatable bonds is 7. The molecule has 2 aromatic rings. The van der Waals surface area contributed by atoms with E-state index in [9.17, 15) is 13.2 Å². The molecule has 0 atom stereocenters. The Morgan fingerprint density at radius 2 is 1.79 bits per heavy atom. The van der Waals surface area contributed by atoms with Gasteiger partial charge in [-0.15, -0.1) is 0 Å². The van der Waals surface area contributed by atoms with Gasteiger partial charge in [-0.3, -0.25) is 4.79 Å². The Balaban J connectivity index is 2.09. The van der Waals surface area contributed by atoms with Gasteiger partial charge in [-0.2, -0.15) is 0 Å². The van der Waals surface area contributed by atoms with Crippen molar-refractivity contribution in [3.05, 3.63) is 59.1 Å². The number of halogens is 1. The van der Waals surface area contributed by atoms with Crippen molar-refractivity contribution in [2.45, 2.75) is 18.4 Å². The van der Waals surface area contributed by atoms with Crippen molar-refractivity contribution < 1.29 is 17.9 Å². The van der Waals surface area contributed by atoms with Crippen LogP contribution in [-0.4, -0.2) is 26.7 Å². The van der Waals surface area contributed by atoms with Crippen molar-refractivity contribution in [3.63, 3.8) is 0 Å². The standard InChI is InChI=1S/C17H18ClNO4S/c1-2-23-11-13-5-3-4-6-16(13)19-17(20)12-24(21,22)15-9-7-14(18)8-10-15/h3-10H,2,11-12H2,1H3,(H,19,20). The first-order chi connectivity index (χ1) is 11.4. The maximum atomic E-state index is 12.3. The van der Waals surface area contributed by atoms with Crippen LogP contribution in [-0.2, 0) is 26.0 Å². The number of amides is 1. The van der Waals surface area contributed by atoms with E-state index in [2.05, 4.69) is 5.32 Å². The number of benzene rings is 2. The van der Waals surface area contributed by atoms with Crippen molar-refractivity contribution in [2.24, 2.45) is 0 Å². The molecule has 5 nitrogen and oxygen atoms in total. The molecule has 1 amide bonds. The Labute approximate surface area is 146 Å². The summed E-state index contributed by atoms with van der Waals surface area (Å²) in [6, 6.07) is 12.8. The summed E-state index contributed by atoms with van der Waals surface area (Å²) in [4.78, 5) is 12.2. The molecule has 0 bridgehead atoms. The molecule has 0 aromatic heterocycles. The summed E-state index contributed by atoms with van der Waals surface area (Å²) in [6.45, 7) is 2.77. The summed E-state index contributed by atoms with van der Waals surface area (Å²) in [5, 5.41) is 3.07. The molecular weight excluding hydrogens is 350 g/mol. The zero-order valence-corrected chi connectivity index (χ0v) is 14.7. The highest BCUT2D eigenvalue weighted by molar-refractivity contribution is 7.92. The van der Waals surface area contributed by atoms with Gasteiger partial charge in [0.25, 0.3) is 0 Å². The molecule has 0 spiro atoms. The van der Waals surface area contributed by atoms with E-state index in [1.807, 2.05) is 19.1 Å². The molecule has 7 heteroatoms. The fourth-order valence-corrected chi connectivity index (χ4v) is 3.33. The molecule has 24 heavy (non-hydrogen) atoms.